The molecular weight excluding hydrogens is 316 g/mol. The maximum absolute atomic E-state index is 11.4. The summed E-state index contributed by atoms with van der Waals surface area (Å²) in [5, 5.41) is 10.8. The number of hydrogen-bond donors (Lipinski definition) is 2. The molecule has 1 amide bonds. The molecular formula is C16H19ClN4O2. The Bertz CT molecular complexity index is 676. The number of carbonyl (C=O) groups excluding carboxylic acids is 1. The Morgan fingerprint density at radius 1 is 1.35 bits per heavy atom. The van der Waals surface area contributed by atoms with Crippen molar-refractivity contribution in [3.63, 3.8) is 0 Å². The summed E-state index contributed by atoms with van der Waals surface area (Å²) >= 11 is 5.73. The molecule has 2 rings (SSSR count). The summed E-state index contributed by atoms with van der Waals surface area (Å²) in [6.07, 6.45) is 0.856. The number of nitrogens with two attached hydrogens (primary N) is 1. The Morgan fingerprint density at radius 3 is 2.65 bits per heavy atom. The molecule has 3 N–H and O–H groups in total. The van der Waals surface area contributed by atoms with Gasteiger partial charge in [-0.25, -0.2) is 0 Å². The third-order valence-corrected chi connectivity index (χ3v) is 3.77. The fourth-order valence-electron chi connectivity index (χ4n) is 2.19. The molecule has 0 fully saturated rings. The average molecular weight is 335 g/mol. The van der Waals surface area contributed by atoms with E-state index in [1.165, 1.54) is 11.6 Å². The van der Waals surface area contributed by atoms with Crippen LogP contribution in [0.1, 0.15) is 35.2 Å². The molecule has 1 aromatic heterocycles. The Hall–Kier alpha value is -2.34. The van der Waals surface area contributed by atoms with Crippen LogP contribution in [0.15, 0.2) is 30.3 Å². The number of anilines is 1. The number of amides is 1. The zero-order valence-corrected chi connectivity index (χ0v) is 13.8. The molecule has 0 bridgehead atoms. The van der Waals surface area contributed by atoms with E-state index in [1.807, 2.05) is 24.3 Å². The van der Waals surface area contributed by atoms with Crippen molar-refractivity contribution >= 4 is 23.3 Å². The van der Waals surface area contributed by atoms with Crippen LogP contribution < -0.4 is 15.8 Å². The minimum atomic E-state index is -0.590. The molecule has 0 radical (unpaired) electrons. The Balaban J connectivity index is 1.95. The monoisotopic (exact) mass is 334 g/mol. The molecule has 122 valence electrons. The highest BCUT2D eigenvalue weighted by Crippen LogP contribution is 2.22. The first-order chi connectivity index (χ1) is 11.0. The maximum atomic E-state index is 11.4. The Morgan fingerprint density at radius 2 is 2.04 bits per heavy atom. The maximum Gasteiger partial charge on any atom is 0.252 e. The van der Waals surface area contributed by atoms with Gasteiger partial charge in [-0.1, -0.05) is 30.7 Å². The van der Waals surface area contributed by atoms with Gasteiger partial charge in [-0.3, -0.25) is 4.79 Å². The van der Waals surface area contributed by atoms with E-state index in [9.17, 15) is 4.79 Å². The lowest BCUT2D eigenvalue weighted by Gasteiger charge is -2.14. The largest absolute Gasteiger partial charge is 0.497 e. The SMILES string of the molecule is COc1ccc(C(C)CCNc2nnc(Cl)cc2C(N)=O)cc1. The van der Waals surface area contributed by atoms with Gasteiger partial charge in [-0.15, -0.1) is 10.2 Å². The van der Waals surface area contributed by atoms with Gasteiger partial charge in [0.1, 0.15) is 5.75 Å². The lowest BCUT2D eigenvalue weighted by atomic mass is 9.98. The second-order valence-corrected chi connectivity index (χ2v) is 5.57. The summed E-state index contributed by atoms with van der Waals surface area (Å²) in [5.74, 6) is 0.934. The minimum absolute atomic E-state index is 0.135. The number of ether oxygens (including phenoxy) is 1. The summed E-state index contributed by atoms with van der Waals surface area (Å²) in [6.45, 7) is 2.76. The third kappa shape index (κ3) is 4.56. The summed E-state index contributed by atoms with van der Waals surface area (Å²) in [5.41, 5.74) is 6.77. The van der Waals surface area contributed by atoms with Gasteiger partial charge in [-0.2, -0.15) is 0 Å². The molecule has 1 heterocycles. The highest BCUT2D eigenvalue weighted by molar-refractivity contribution is 6.29. The van der Waals surface area contributed by atoms with Gasteiger partial charge in [0.05, 0.1) is 12.7 Å². The van der Waals surface area contributed by atoms with Gasteiger partial charge in [0.25, 0.3) is 5.91 Å². The summed E-state index contributed by atoms with van der Waals surface area (Å²) in [7, 11) is 1.64. The molecule has 1 atom stereocenters. The van der Waals surface area contributed by atoms with Crippen LogP contribution in [-0.4, -0.2) is 29.8 Å². The van der Waals surface area contributed by atoms with Gasteiger partial charge in [0.2, 0.25) is 0 Å². The zero-order chi connectivity index (χ0) is 16.8. The first-order valence-electron chi connectivity index (χ1n) is 7.22. The lowest BCUT2D eigenvalue weighted by Crippen LogP contribution is -2.17. The molecule has 1 unspecified atom stereocenters. The Kier molecular flexibility index (Phi) is 5.76. The topological polar surface area (TPSA) is 90.1 Å². The van der Waals surface area contributed by atoms with E-state index in [0.717, 1.165) is 12.2 Å². The normalized spacial score (nSPS) is 11.8. The molecule has 7 heteroatoms. The molecule has 0 aliphatic heterocycles. The number of primary amides is 1. The van der Waals surface area contributed by atoms with Crippen molar-refractivity contribution in [1.29, 1.82) is 0 Å². The first-order valence-corrected chi connectivity index (χ1v) is 7.60. The van der Waals surface area contributed by atoms with E-state index in [2.05, 4.69) is 22.4 Å². The molecule has 0 saturated heterocycles. The van der Waals surface area contributed by atoms with Crippen LogP contribution in [0.4, 0.5) is 5.82 Å². The minimum Gasteiger partial charge on any atom is -0.497 e. The number of nitrogens with one attached hydrogen (secondary N) is 1. The van der Waals surface area contributed by atoms with E-state index >= 15 is 0 Å². The van der Waals surface area contributed by atoms with Crippen LogP contribution in [0.5, 0.6) is 5.75 Å². The van der Waals surface area contributed by atoms with Crippen LogP contribution in [-0.2, 0) is 0 Å². The predicted octanol–water partition coefficient (Wildman–Crippen LogP) is 2.84. The van der Waals surface area contributed by atoms with Gasteiger partial charge >= 0.3 is 0 Å². The standard InChI is InChI=1S/C16H19ClN4O2/c1-10(11-3-5-12(23-2)6-4-11)7-8-19-16-13(15(18)22)9-14(17)20-21-16/h3-6,9-10H,7-8H2,1-2H3,(H2,18,22)(H,19,21). The van der Waals surface area contributed by atoms with Crippen molar-refractivity contribution in [3.8, 4) is 5.75 Å². The van der Waals surface area contributed by atoms with Gasteiger partial charge in [-0.05, 0) is 36.1 Å². The van der Waals surface area contributed by atoms with Crippen LogP contribution in [0.3, 0.4) is 0 Å². The van der Waals surface area contributed by atoms with Crippen molar-refractivity contribution in [2.45, 2.75) is 19.3 Å². The number of benzene rings is 1. The van der Waals surface area contributed by atoms with Crippen molar-refractivity contribution in [2.75, 3.05) is 19.0 Å². The van der Waals surface area contributed by atoms with Crippen LogP contribution >= 0.6 is 11.6 Å². The van der Waals surface area contributed by atoms with Gasteiger partial charge in [0.15, 0.2) is 11.0 Å². The second kappa shape index (κ2) is 7.78. The van der Waals surface area contributed by atoms with Crippen LogP contribution in [0.2, 0.25) is 5.15 Å². The van der Waals surface area contributed by atoms with Gasteiger partial charge < -0.3 is 15.8 Å². The number of carbonyl (C=O) groups is 1. The Labute approximate surface area is 140 Å². The highest BCUT2D eigenvalue weighted by Gasteiger charge is 2.12. The number of methoxy groups -OCH3 is 1. The predicted molar refractivity (Wildman–Crippen MR) is 90.1 cm³/mol. The van der Waals surface area contributed by atoms with E-state index in [4.69, 9.17) is 22.1 Å². The molecule has 6 nitrogen and oxygen atoms in total. The number of rotatable bonds is 7. The van der Waals surface area contributed by atoms with Crippen LogP contribution in [0, 0.1) is 0 Å². The van der Waals surface area contributed by atoms with Crippen LogP contribution in [0.25, 0.3) is 0 Å². The number of nitrogens with zero attached hydrogens (tertiary/aromatic N) is 2. The molecule has 0 saturated carbocycles. The van der Waals surface area contributed by atoms with Crippen molar-refractivity contribution in [2.24, 2.45) is 5.73 Å². The summed E-state index contributed by atoms with van der Waals surface area (Å²) in [6, 6.07) is 9.37. The smallest absolute Gasteiger partial charge is 0.252 e. The first kappa shape index (κ1) is 17.0. The zero-order valence-electron chi connectivity index (χ0n) is 13.0. The van der Waals surface area contributed by atoms with E-state index in [1.54, 1.807) is 7.11 Å². The number of aromatic nitrogens is 2. The number of hydrogen-bond acceptors (Lipinski definition) is 5. The lowest BCUT2D eigenvalue weighted by molar-refractivity contribution is 0.100. The summed E-state index contributed by atoms with van der Waals surface area (Å²) in [4.78, 5) is 11.4. The van der Waals surface area contributed by atoms with Crippen molar-refractivity contribution in [1.82, 2.24) is 10.2 Å². The fourth-order valence-corrected chi connectivity index (χ4v) is 2.34. The molecule has 2 aromatic rings. The fraction of sp³-hybridized carbons (Fsp3) is 0.312. The van der Waals surface area contributed by atoms with Crippen molar-refractivity contribution in [3.05, 3.63) is 46.6 Å². The quantitative estimate of drug-likeness (QED) is 0.812. The second-order valence-electron chi connectivity index (χ2n) is 5.18. The van der Waals surface area contributed by atoms with E-state index in [-0.39, 0.29) is 10.7 Å². The molecule has 1 aromatic carbocycles. The van der Waals surface area contributed by atoms with Crippen molar-refractivity contribution < 1.29 is 9.53 Å². The third-order valence-electron chi connectivity index (χ3n) is 3.58. The summed E-state index contributed by atoms with van der Waals surface area (Å²) < 4.78 is 5.15. The van der Waals surface area contributed by atoms with E-state index < -0.39 is 5.91 Å². The molecule has 0 spiro atoms. The highest BCUT2D eigenvalue weighted by atomic mass is 35.5. The average Bonchev–Trinajstić information content (AvgIpc) is 2.56. The molecule has 0 aliphatic carbocycles. The molecule has 23 heavy (non-hydrogen) atoms. The number of halogens is 1. The molecule has 0 aliphatic rings. The van der Waals surface area contributed by atoms with E-state index in [0.29, 0.717) is 18.3 Å². The van der Waals surface area contributed by atoms with Gasteiger partial charge in [0, 0.05) is 6.54 Å².